The van der Waals surface area contributed by atoms with Crippen LogP contribution in [-0.2, 0) is 4.74 Å². The number of nitrogen functional groups attached to an aromatic ring is 1. The SMILES string of the molecule is CCCCCNc1ccc(C2CCN(C(=O)OC(C)(C)C)CC2)cc1N. The monoisotopic (exact) mass is 361 g/mol. The number of hydrogen-bond donors (Lipinski definition) is 2. The lowest BCUT2D eigenvalue weighted by Gasteiger charge is -2.33. The van der Waals surface area contributed by atoms with Crippen LogP contribution in [0.15, 0.2) is 18.2 Å². The maximum Gasteiger partial charge on any atom is 0.410 e. The second-order valence-electron chi connectivity index (χ2n) is 8.22. The summed E-state index contributed by atoms with van der Waals surface area (Å²) in [5, 5.41) is 3.43. The number of nitrogens with zero attached hydrogens (tertiary/aromatic N) is 1. The Kier molecular flexibility index (Phi) is 7.18. The molecule has 0 spiro atoms. The summed E-state index contributed by atoms with van der Waals surface area (Å²) < 4.78 is 5.47. The van der Waals surface area contributed by atoms with Crippen molar-refractivity contribution in [1.29, 1.82) is 0 Å². The molecule has 1 fully saturated rings. The molecular formula is C21H35N3O2. The Bertz CT molecular complexity index is 587. The van der Waals surface area contributed by atoms with E-state index in [0.717, 1.165) is 43.9 Å². The number of amides is 1. The Labute approximate surface area is 158 Å². The van der Waals surface area contributed by atoms with E-state index in [1.54, 1.807) is 0 Å². The zero-order chi connectivity index (χ0) is 19.2. The molecule has 1 aliphatic heterocycles. The zero-order valence-corrected chi connectivity index (χ0v) is 16.8. The van der Waals surface area contributed by atoms with Gasteiger partial charge in [-0.2, -0.15) is 0 Å². The largest absolute Gasteiger partial charge is 0.444 e. The highest BCUT2D eigenvalue weighted by Crippen LogP contribution is 2.32. The summed E-state index contributed by atoms with van der Waals surface area (Å²) in [6.07, 6.45) is 5.31. The van der Waals surface area contributed by atoms with Gasteiger partial charge in [0.15, 0.2) is 0 Å². The third-order valence-electron chi connectivity index (χ3n) is 4.79. The maximum atomic E-state index is 12.2. The lowest BCUT2D eigenvalue weighted by atomic mass is 9.89. The predicted octanol–water partition coefficient (Wildman–Crippen LogP) is 4.99. The van der Waals surface area contributed by atoms with E-state index in [4.69, 9.17) is 10.5 Å². The van der Waals surface area contributed by atoms with E-state index in [-0.39, 0.29) is 6.09 Å². The predicted molar refractivity (Wildman–Crippen MR) is 109 cm³/mol. The fourth-order valence-electron chi connectivity index (χ4n) is 3.32. The van der Waals surface area contributed by atoms with Gasteiger partial charge in [-0.25, -0.2) is 4.79 Å². The highest BCUT2D eigenvalue weighted by molar-refractivity contribution is 5.69. The fraction of sp³-hybridized carbons (Fsp3) is 0.667. The van der Waals surface area contributed by atoms with E-state index >= 15 is 0 Å². The van der Waals surface area contributed by atoms with Crippen molar-refractivity contribution in [3.63, 3.8) is 0 Å². The van der Waals surface area contributed by atoms with Gasteiger partial charge in [0.2, 0.25) is 0 Å². The first-order chi connectivity index (χ1) is 12.3. The maximum absolute atomic E-state index is 12.2. The van der Waals surface area contributed by atoms with Crippen molar-refractivity contribution in [2.45, 2.75) is 71.3 Å². The van der Waals surface area contributed by atoms with Crippen LogP contribution < -0.4 is 11.1 Å². The summed E-state index contributed by atoms with van der Waals surface area (Å²) in [5.41, 5.74) is 8.91. The van der Waals surface area contributed by atoms with Crippen LogP contribution in [-0.4, -0.2) is 36.2 Å². The number of anilines is 2. The number of carbonyl (C=O) groups excluding carboxylic acids is 1. The third-order valence-corrected chi connectivity index (χ3v) is 4.79. The van der Waals surface area contributed by atoms with E-state index < -0.39 is 5.60 Å². The minimum absolute atomic E-state index is 0.206. The molecule has 0 aliphatic carbocycles. The Morgan fingerprint density at radius 3 is 2.54 bits per heavy atom. The molecule has 1 aromatic carbocycles. The molecule has 2 rings (SSSR count). The summed E-state index contributed by atoms with van der Waals surface area (Å²) in [6, 6.07) is 6.36. The van der Waals surface area contributed by atoms with Crippen molar-refractivity contribution in [2.24, 2.45) is 0 Å². The number of nitrogens with one attached hydrogen (secondary N) is 1. The van der Waals surface area contributed by atoms with Gasteiger partial charge in [0, 0.05) is 19.6 Å². The van der Waals surface area contributed by atoms with E-state index in [0.29, 0.717) is 5.92 Å². The van der Waals surface area contributed by atoms with Crippen molar-refractivity contribution >= 4 is 17.5 Å². The van der Waals surface area contributed by atoms with Crippen LogP contribution in [0.4, 0.5) is 16.2 Å². The second-order valence-corrected chi connectivity index (χ2v) is 8.22. The molecule has 1 heterocycles. The first-order valence-electron chi connectivity index (χ1n) is 9.91. The van der Waals surface area contributed by atoms with Gasteiger partial charge >= 0.3 is 6.09 Å². The molecule has 26 heavy (non-hydrogen) atoms. The smallest absolute Gasteiger partial charge is 0.410 e. The fourth-order valence-corrected chi connectivity index (χ4v) is 3.32. The molecule has 5 heteroatoms. The lowest BCUT2D eigenvalue weighted by molar-refractivity contribution is 0.0205. The molecule has 0 atom stereocenters. The number of hydrogen-bond acceptors (Lipinski definition) is 4. The molecule has 0 aromatic heterocycles. The van der Waals surface area contributed by atoms with Crippen LogP contribution in [0.2, 0.25) is 0 Å². The molecule has 0 unspecified atom stereocenters. The van der Waals surface area contributed by atoms with Crippen LogP contribution in [0.5, 0.6) is 0 Å². The number of unbranched alkanes of at least 4 members (excludes halogenated alkanes) is 2. The molecule has 0 radical (unpaired) electrons. The van der Waals surface area contributed by atoms with Crippen LogP contribution >= 0.6 is 0 Å². The molecule has 0 saturated carbocycles. The van der Waals surface area contributed by atoms with Gasteiger partial charge in [-0.1, -0.05) is 25.8 Å². The number of carbonyl (C=O) groups is 1. The van der Waals surface area contributed by atoms with Gasteiger partial charge in [0.25, 0.3) is 0 Å². The van der Waals surface area contributed by atoms with Crippen LogP contribution in [0, 0.1) is 0 Å². The summed E-state index contributed by atoms with van der Waals surface area (Å²) in [4.78, 5) is 14.0. The highest BCUT2D eigenvalue weighted by atomic mass is 16.6. The molecule has 146 valence electrons. The molecule has 1 aliphatic rings. The number of ether oxygens (including phenoxy) is 1. The minimum atomic E-state index is -0.442. The van der Waals surface area contributed by atoms with Gasteiger partial charge < -0.3 is 20.7 Å². The van der Waals surface area contributed by atoms with Crippen LogP contribution in [0.3, 0.4) is 0 Å². The average Bonchev–Trinajstić information content (AvgIpc) is 2.58. The number of likely N-dealkylation sites (tertiary alicyclic amines) is 1. The molecular weight excluding hydrogens is 326 g/mol. The molecule has 5 nitrogen and oxygen atoms in total. The molecule has 1 aromatic rings. The first-order valence-corrected chi connectivity index (χ1v) is 9.91. The summed E-state index contributed by atoms with van der Waals surface area (Å²) in [5.74, 6) is 0.449. The van der Waals surface area contributed by atoms with Gasteiger partial charge in [0.05, 0.1) is 11.4 Å². The van der Waals surface area contributed by atoms with Crippen molar-refractivity contribution in [3.05, 3.63) is 23.8 Å². The lowest BCUT2D eigenvalue weighted by Crippen LogP contribution is -2.41. The second kappa shape index (κ2) is 9.15. The Balaban J connectivity index is 1.87. The average molecular weight is 362 g/mol. The van der Waals surface area contributed by atoms with E-state index in [1.165, 1.54) is 24.8 Å². The normalized spacial score (nSPS) is 15.8. The standard InChI is InChI=1S/C21H35N3O2/c1-5-6-7-12-23-19-9-8-17(15-18(19)22)16-10-13-24(14-11-16)20(25)26-21(2,3)4/h8-9,15-16,23H,5-7,10-14,22H2,1-4H3. The van der Waals surface area contributed by atoms with E-state index in [9.17, 15) is 4.79 Å². The van der Waals surface area contributed by atoms with Gasteiger partial charge in [0.1, 0.15) is 5.60 Å². The summed E-state index contributed by atoms with van der Waals surface area (Å²) in [7, 11) is 0. The molecule has 3 N–H and O–H groups in total. The molecule has 0 bridgehead atoms. The number of benzene rings is 1. The quantitative estimate of drug-likeness (QED) is 0.553. The van der Waals surface area contributed by atoms with E-state index in [1.807, 2.05) is 25.7 Å². The Hall–Kier alpha value is -1.91. The first kappa shape index (κ1) is 20.4. The van der Waals surface area contributed by atoms with Crippen molar-refractivity contribution < 1.29 is 9.53 Å². The van der Waals surface area contributed by atoms with Crippen molar-refractivity contribution in [1.82, 2.24) is 4.90 Å². The van der Waals surface area contributed by atoms with Gasteiger partial charge in [-0.15, -0.1) is 0 Å². The third kappa shape index (κ3) is 6.11. The zero-order valence-electron chi connectivity index (χ0n) is 16.8. The molecule has 1 amide bonds. The Morgan fingerprint density at radius 1 is 1.27 bits per heavy atom. The van der Waals surface area contributed by atoms with E-state index in [2.05, 4.69) is 30.4 Å². The Morgan fingerprint density at radius 2 is 1.96 bits per heavy atom. The topological polar surface area (TPSA) is 67.6 Å². The number of rotatable bonds is 6. The van der Waals surface area contributed by atoms with Gasteiger partial charge in [-0.05, 0) is 63.6 Å². The highest BCUT2D eigenvalue weighted by Gasteiger charge is 2.27. The van der Waals surface area contributed by atoms with Crippen LogP contribution in [0.1, 0.15) is 71.3 Å². The molecule has 1 saturated heterocycles. The van der Waals surface area contributed by atoms with Gasteiger partial charge in [-0.3, -0.25) is 0 Å². The number of nitrogens with two attached hydrogens (primary N) is 1. The van der Waals surface area contributed by atoms with Crippen LogP contribution in [0.25, 0.3) is 0 Å². The summed E-state index contributed by atoms with van der Waals surface area (Å²) >= 11 is 0. The van der Waals surface area contributed by atoms with Crippen molar-refractivity contribution in [3.8, 4) is 0 Å². The summed E-state index contributed by atoms with van der Waals surface area (Å²) in [6.45, 7) is 10.3. The van der Waals surface area contributed by atoms with Crippen molar-refractivity contribution in [2.75, 3.05) is 30.7 Å². The minimum Gasteiger partial charge on any atom is -0.444 e. The number of piperidine rings is 1.